The molecule has 0 bridgehead atoms. The van der Waals surface area contributed by atoms with Crippen LogP contribution in [0.5, 0.6) is 5.75 Å². The van der Waals surface area contributed by atoms with Gasteiger partial charge >= 0.3 is 0 Å². The average Bonchev–Trinajstić information content (AvgIpc) is 2.41. The summed E-state index contributed by atoms with van der Waals surface area (Å²) >= 11 is 0. The molecule has 1 saturated heterocycles. The molecule has 1 aliphatic heterocycles. The van der Waals surface area contributed by atoms with Crippen LogP contribution >= 0.6 is 12.4 Å². The van der Waals surface area contributed by atoms with E-state index in [1.54, 1.807) is 0 Å². The first-order chi connectivity index (χ1) is 8.81. The first kappa shape index (κ1) is 16.1. The Kier molecular flexibility index (Phi) is 7.03. The molecule has 1 aliphatic rings. The molecular weight excluding hydrogens is 260 g/mol. The minimum absolute atomic E-state index is 0. The van der Waals surface area contributed by atoms with E-state index in [1.807, 2.05) is 13.0 Å². The molecule has 19 heavy (non-hydrogen) atoms. The Hall–Kier alpha value is -0.930. The van der Waals surface area contributed by atoms with Crippen LogP contribution < -0.4 is 15.0 Å². The zero-order chi connectivity index (χ0) is 12.8. The van der Waals surface area contributed by atoms with Crippen molar-refractivity contribution in [2.45, 2.75) is 19.8 Å². The van der Waals surface area contributed by atoms with Gasteiger partial charge in [0.1, 0.15) is 5.75 Å². The van der Waals surface area contributed by atoms with Gasteiger partial charge in [-0.2, -0.15) is 0 Å². The number of benzene rings is 1. The van der Waals surface area contributed by atoms with Crippen molar-refractivity contribution < 1.29 is 4.74 Å². The van der Waals surface area contributed by atoms with E-state index in [4.69, 9.17) is 4.74 Å². The van der Waals surface area contributed by atoms with Crippen molar-refractivity contribution in [2.75, 3.05) is 38.2 Å². The topological polar surface area (TPSA) is 24.5 Å². The fraction of sp³-hybridized carbons (Fsp3) is 0.600. The molecule has 0 radical (unpaired) electrons. The molecule has 0 amide bonds. The number of hydrogen-bond donors (Lipinski definition) is 1. The quantitative estimate of drug-likeness (QED) is 0.900. The fourth-order valence-corrected chi connectivity index (χ4v) is 2.60. The highest BCUT2D eigenvalue weighted by atomic mass is 35.5. The summed E-state index contributed by atoms with van der Waals surface area (Å²) in [7, 11) is 2.17. The monoisotopic (exact) mass is 284 g/mol. The fourth-order valence-electron chi connectivity index (χ4n) is 2.60. The predicted molar refractivity (Wildman–Crippen MR) is 83.7 cm³/mol. The highest BCUT2D eigenvalue weighted by molar-refractivity contribution is 5.85. The number of halogens is 1. The summed E-state index contributed by atoms with van der Waals surface area (Å²) in [6, 6.07) is 8.31. The van der Waals surface area contributed by atoms with E-state index in [0.717, 1.165) is 37.9 Å². The van der Waals surface area contributed by atoms with Crippen LogP contribution in [0.4, 0.5) is 5.69 Å². The van der Waals surface area contributed by atoms with Crippen molar-refractivity contribution in [3.8, 4) is 5.75 Å². The molecule has 108 valence electrons. The van der Waals surface area contributed by atoms with E-state index in [-0.39, 0.29) is 12.4 Å². The summed E-state index contributed by atoms with van der Waals surface area (Å²) in [6.07, 6.45) is 2.56. The SMILES string of the molecule is CCOc1ccccc1N(C)CC1CCNCC1.Cl. The maximum Gasteiger partial charge on any atom is 0.142 e. The van der Waals surface area contributed by atoms with Gasteiger partial charge in [0.2, 0.25) is 0 Å². The minimum Gasteiger partial charge on any atom is -0.492 e. The second kappa shape index (κ2) is 8.28. The Morgan fingerprint density at radius 1 is 1.26 bits per heavy atom. The lowest BCUT2D eigenvalue weighted by atomic mass is 9.97. The van der Waals surface area contributed by atoms with Gasteiger partial charge in [0.15, 0.2) is 0 Å². The van der Waals surface area contributed by atoms with E-state index in [0.29, 0.717) is 0 Å². The van der Waals surface area contributed by atoms with Gasteiger partial charge in [-0.25, -0.2) is 0 Å². The molecule has 3 nitrogen and oxygen atoms in total. The first-order valence-corrected chi connectivity index (χ1v) is 6.95. The number of rotatable bonds is 5. The van der Waals surface area contributed by atoms with Crippen molar-refractivity contribution in [3.05, 3.63) is 24.3 Å². The molecule has 1 aromatic rings. The molecular formula is C15H25ClN2O. The summed E-state index contributed by atoms with van der Waals surface area (Å²) in [6.45, 7) is 6.19. The highest BCUT2D eigenvalue weighted by Gasteiger charge is 2.16. The second-order valence-corrected chi connectivity index (χ2v) is 4.97. The lowest BCUT2D eigenvalue weighted by molar-refractivity contribution is 0.338. The predicted octanol–water partition coefficient (Wildman–Crippen LogP) is 2.94. The number of hydrogen-bond acceptors (Lipinski definition) is 3. The van der Waals surface area contributed by atoms with Gasteiger partial charge in [0, 0.05) is 13.6 Å². The molecule has 0 spiro atoms. The molecule has 0 saturated carbocycles. The van der Waals surface area contributed by atoms with Gasteiger partial charge in [0.25, 0.3) is 0 Å². The van der Waals surface area contributed by atoms with Gasteiger partial charge < -0.3 is 15.0 Å². The van der Waals surface area contributed by atoms with Gasteiger partial charge in [-0.3, -0.25) is 0 Å². The maximum atomic E-state index is 5.69. The lowest BCUT2D eigenvalue weighted by Crippen LogP contribution is -2.34. The zero-order valence-corrected chi connectivity index (χ0v) is 12.7. The van der Waals surface area contributed by atoms with E-state index < -0.39 is 0 Å². The largest absolute Gasteiger partial charge is 0.492 e. The summed E-state index contributed by atoms with van der Waals surface area (Å²) < 4.78 is 5.69. The minimum atomic E-state index is 0. The van der Waals surface area contributed by atoms with Gasteiger partial charge in [0.05, 0.1) is 12.3 Å². The lowest BCUT2D eigenvalue weighted by Gasteiger charge is -2.29. The van der Waals surface area contributed by atoms with E-state index in [9.17, 15) is 0 Å². The van der Waals surface area contributed by atoms with E-state index >= 15 is 0 Å². The Morgan fingerprint density at radius 3 is 2.63 bits per heavy atom. The Bertz CT molecular complexity index is 367. The maximum absolute atomic E-state index is 5.69. The van der Waals surface area contributed by atoms with E-state index in [2.05, 4.69) is 35.5 Å². The smallest absolute Gasteiger partial charge is 0.142 e. The van der Waals surface area contributed by atoms with Crippen LogP contribution in [0.3, 0.4) is 0 Å². The van der Waals surface area contributed by atoms with Crippen LogP contribution in [0, 0.1) is 5.92 Å². The number of anilines is 1. The van der Waals surface area contributed by atoms with Crippen molar-refractivity contribution in [3.63, 3.8) is 0 Å². The van der Waals surface area contributed by atoms with E-state index in [1.165, 1.54) is 18.5 Å². The van der Waals surface area contributed by atoms with Gasteiger partial charge in [-0.05, 0) is 50.9 Å². The van der Waals surface area contributed by atoms with Crippen LogP contribution in [0.15, 0.2) is 24.3 Å². The summed E-state index contributed by atoms with van der Waals surface area (Å²) in [5.74, 6) is 1.79. The molecule has 1 N–H and O–H groups in total. The summed E-state index contributed by atoms with van der Waals surface area (Å²) in [4.78, 5) is 2.33. The summed E-state index contributed by atoms with van der Waals surface area (Å²) in [5, 5.41) is 3.42. The molecule has 4 heteroatoms. The number of ether oxygens (including phenoxy) is 1. The van der Waals surface area contributed by atoms with Crippen LogP contribution in [-0.4, -0.2) is 33.3 Å². The molecule has 0 atom stereocenters. The average molecular weight is 285 g/mol. The van der Waals surface area contributed by atoms with Crippen LogP contribution in [0.1, 0.15) is 19.8 Å². The molecule has 1 aromatic carbocycles. The second-order valence-electron chi connectivity index (χ2n) is 4.97. The van der Waals surface area contributed by atoms with Gasteiger partial charge in [-0.1, -0.05) is 12.1 Å². The number of piperidine rings is 1. The molecule has 1 heterocycles. The van der Waals surface area contributed by atoms with Crippen molar-refractivity contribution in [1.29, 1.82) is 0 Å². The highest BCUT2D eigenvalue weighted by Crippen LogP contribution is 2.28. The number of nitrogens with one attached hydrogen (secondary N) is 1. The Balaban J connectivity index is 0.00000180. The normalized spacial score (nSPS) is 15.7. The Morgan fingerprint density at radius 2 is 1.95 bits per heavy atom. The molecule has 2 rings (SSSR count). The van der Waals surface area contributed by atoms with Crippen LogP contribution in [0.2, 0.25) is 0 Å². The summed E-state index contributed by atoms with van der Waals surface area (Å²) in [5.41, 5.74) is 1.21. The van der Waals surface area contributed by atoms with Crippen molar-refractivity contribution in [1.82, 2.24) is 5.32 Å². The zero-order valence-electron chi connectivity index (χ0n) is 11.9. The standard InChI is InChI=1S/C15H24N2O.ClH/c1-3-18-15-7-5-4-6-14(15)17(2)12-13-8-10-16-11-9-13;/h4-7,13,16H,3,8-12H2,1-2H3;1H. The van der Waals surface area contributed by atoms with Gasteiger partial charge in [-0.15, -0.1) is 12.4 Å². The third-order valence-corrected chi connectivity index (χ3v) is 3.57. The van der Waals surface area contributed by atoms with Crippen LogP contribution in [0.25, 0.3) is 0 Å². The molecule has 1 fully saturated rings. The number of nitrogens with zero attached hydrogens (tertiary/aromatic N) is 1. The van der Waals surface area contributed by atoms with Crippen molar-refractivity contribution in [2.24, 2.45) is 5.92 Å². The first-order valence-electron chi connectivity index (χ1n) is 6.95. The molecule has 0 aliphatic carbocycles. The third-order valence-electron chi connectivity index (χ3n) is 3.57. The van der Waals surface area contributed by atoms with Crippen molar-refractivity contribution >= 4 is 18.1 Å². The number of para-hydroxylation sites is 2. The Labute approximate surface area is 122 Å². The molecule has 0 aromatic heterocycles. The van der Waals surface area contributed by atoms with Crippen LogP contribution in [-0.2, 0) is 0 Å². The molecule has 0 unspecified atom stereocenters. The third kappa shape index (κ3) is 4.59.